The number of nitrogen functional groups attached to an aromatic ring is 1. The Hall–Kier alpha value is -1.88. The molecule has 0 aromatic heterocycles. The molecule has 0 saturated heterocycles. The lowest BCUT2D eigenvalue weighted by Gasteiger charge is -2.16. The van der Waals surface area contributed by atoms with E-state index in [2.05, 4.69) is 21.2 Å². The summed E-state index contributed by atoms with van der Waals surface area (Å²) >= 11 is 3.39. The third-order valence-electron chi connectivity index (χ3n) is 3.00. The number of hydrogen-bond acceptors (Lipinski definition) is 4. The largest absolute Gasteiger partial charge is 0.496 e. The molecule has 0 aliphatic heterocycles. The normalized spacial score (nSPS) is 10.2. The van der Waals surface area contributed by atoms with Crippen molar-refractivity contribution in [1.82, 2.24) is 0 Å². The van der Waals surface area contributed by atoms with Crippen LogP contribution in [0.4, 0.5) is 17.1 Å². The van der Waals surface area contributed by atoms with Crippen molar-refractivity contribution >= 4 is 33.0 Å². The molecule has 3 N–H and O–H groups in total. The number of hydrogen-bond donors (Lipinski definition) is 2. The average Bonchev–Trinajstić information content (AvgIpc) is 2.43. The molecule has 2 aromatic rings. The molecule has 2 rings (SSSR count). The zero-order chi connectivity index (χ0) is 14.7. The summed E-state index contributed by atoms with van der Waals surface area (Å²) in [5.41, 5.74) is 9.29. The molecule has 0 fully saturated rings. The lowest BCUT2D eigenvalue weighted by Crippen LogP contribution is -2.00. The molecule has 0 heterocycles. The van der Waals surface area contributed by atoms with Crippen LogP contribution in [-0.2, 0) is 0 Å². The number of nitrogens with one attached hydrogen (secondary N) is 1. The van der Waals surface area contributed by atoms with E-state index in [1.54, 1.807) is 14.2 Å². The lowest BCUT2D eigenvalue weighted by atomic mass is 10.1. The van der Waals surface area contributed by atoms with Crippen LogP contribution in [0.1, 0.15) is 5.56 Å². The van der Waals surface area contributed by atoms with E-state index in [-0.39, 0.29) is 0 Å². The van der Waals surface area contributed by atoms with Gasteiger partial charge in [0.05, 0.1) is 31.3 Å². The molecular weight excluding hydrogens is 320 g/mol. The summed E-state index contributed by atoms with van der Waals surface area (Å²) in [4.78, 5) is 0. The number of nitrogens with two attached hydrogens (primary N) is 1. The molecular formula is C15H17BrN2O2. The van der Waals surface area contributed by atoms with Gasteiger partial charge in [-0.3, -0.25) is 0 Å². The Labute approximate surface area is 127 Å². The second-order valence-electron chi connectivity index (χ2n) is 4.38. The first-order valence-corrected chi connectivity index (χ1v) is 6.89. The standard InChI is InChI=1S/C15H17BrN2O2/c1-9-6-15(20-3)13(8-14(9)19-2)18-12-5-4-10(16)7-11(12)17/h4-8,18H,17H2,1-3H3. The topological polar surface area (TPSA) is 56.5 Å². The predicted octanol–water partition coefficient (Wildman–Crippen LogP) is 4.10. The molecule has 0 spiro atoms. The third-order valence-corrected chi connectivity index (χ3v) is 3.49. The second kappa shape index (κ2) is 6.05. The lowest BCUT2D eigenvalue weighted by molar-refractivity contribution is 0.402. The molecule has 20 heavy (non-hydrogen) atoms. The van der Waals surface area contributed by atoms with Gasteiger partial charge in [0.1, 0.15) is 11.5 Å². The van der Waals surface area contributed by atoms with E-state index in [1.165, 1.54) is 0 Å². The van der Waals surface area contributed by atoms with Crippen molar-refractivity contribution in [2.75, 3.05) is 25.3 Å². The maximum Gasteiger partial charge on any atom is 0.142 e. The van der Waals surface area contributed by atoms with Crippen molar-refractivity contribution in [3.8, 4) is 11.5 Å². The smallest absolute Gasteiger partial charge is 0.142 e. The number of rotatable bonds is 4. The first-order valence-electron chi connectivity index (χ1n) is 6.10. The molecule has 4 nitrogen and oxygen atoms in total. The van der Waals surface area contributed by atoms with Crippen LogP contribution in [-0.4, -0.2) is 14.2 Å². The number of ether oxygens (including phenoxy) is 2. The van der Waals surface area contributed by atoms with Gasteiger partial charge in [0, 0.05) is 10.5 Å². The predicted molar refractivity (Wildman–Crippen MR) is 86.1 cm³/mol. The van der Waals surface area contributed by atoms with Crippen LogP contribution in [0.5, 0.6) is 11.5 Å². The van der Waals surface area contributed by atoms with Crippen molar-refractivity contribution in [3.05, 3.63) is 40.4 Å². The van der Waals surface area contributed by atoms with Crippen molar-refractivity contribution in [2.45, 2.75) is 6.92 Å². The number of benzene rings is 2. The molecule has 0 aliphatic rings. The minimum atomic E-state index is 0.654. The molecule has 0 aliphatic carbocycles. The summed E-state index contributed by atoms with van der Waals surface area (Å²) in [5, 5.41) is 3.27. The average molecular weight is 337 g/mol. The first kappa shape index (κ1) is 14.5. The fourth-order valence-corrected chi connectivity index (χ4v) is 2.32. The number of halogens is 1. The van der Waals surface area contributed by atoms with Crippen LogP contribution in [0, 0.1) is 6.92 Å². The highest BCUT2D eigenvalue weighted by Gasteiger charge is 2.10. The Morgan fingerprint density at radius 1 is 1.00 bits per heavy atom. The zero-order valence-corrected chi connectivity index (χ0v) is 13.2. The fourth-order valence-electron chi connectivity index (χ4n) is 1.94. The van der Waals surface area contributed by atoms with Crippen LogP contribution in [0.25, 0.3) is 0 Å². The second-order valence-corrected chi connectivity index (χ2v) is 5.29. The van der Waals surface area contributed by atoms with Crippen molar-refractivity contribution in [3.63, 3.8) is 0 Å². The monoisotopic (exact) mass is 336 g/mol. The highest BCUT2D eigenvalue weighted by atomic mass is 79.9. The van der Waals surface area contributed by atoms with Crippen molar-refractivity contribution < 1.29 is 9.47 Å². The van der Waals surface area contributed by atoms with Crippen molar-refractivity contribution in [2.24, 2.45) is 0 Å². The molecule has 0 unspecified atom stereocenters. The molecule has 0 radical (unpaired) electrons. The summed E-state index contributed by atoms with van der Waals surface area (Å²) in [5.74, 6) is 1.54. The zero-order valence-electron chi connectivity index (χ0n) is 11.7. The van der Waals surface area contributed by atoms with E-state index in [0.717, 1.165) is 32.9 Å². The van der Waals surface area contributed by atoms with Crippen LogP contribution in [0.3, 0.4) is 0 Å². The summed E-state index contributed by atoms with van der Waals surface area (Å²) in [6.45, 7) is 1.97. The number of methoxy groups -OCH3 is 2. The Kier molecular flexibility index (Phi) is 4.39. The highest BCUT2D eigenvalue weighted by Crippen LogP contribution is 2.36. The molecule has 0 saturated carbocycles. The van der Waals surface area contributed by atoms with Crippen LogP contribution in [0.2, 0.25) is 0 Å². The van der Waals surface area contributed by atoms with Crippen LogP contribution in [0.15, 0.2) is 34.8 Å². The Bertz CT molecular complexity index is 630. The summed E-state index contributed by atoms with van der Waals surface area (Å²) in [6.07, 6.45) is 0. The minimum Gasteiger partial charge on any atom is -0.496 e. The summed E-state index contributed by atoms with van der Waals surface area (Å²) in [7, 11) is 3.28. The van der Waals surface area contributed by atoms with Gasteiger partial charge in [0.2, 0.25) is 0 Å². The van der Waals surface area contributed by atoms with E-state index in [1.807, 2.05) is 37.3 Å². The molecule has 5 heteroatoms. The highest BCUT2D eigenvalue weighted by molar-refractivity contribution is 9.10. The van der Waals surface area contributed by atoms with E-state index in [4.69, 9.17) is 15.2 Å². The van der Waals surface area contributed by atoms with E-state index < -0.39 is 0 Å². The molecule has 106 valence electrons. The molecule has 0 bridgehead atoms. The van der Waals surface area contributed by atoms with Gasteiger partial charge in [-0.25, -0.2) is 0 Å². The summed E-state index contributed by atoms with van der Waals surface area (Å²) < 4.78 is 11.7. The maximum atomic E-state index is 6.00. The van der Waals surface area contributed by atoms with Gasteiger partial charge in [0.25, 0.3) is 0 Å². The van der Waals surface area contributed by atoms with E-state index in [9.17, 15) is 0 Å². The van der Waals surface area contributed by atoms with E-state index >= 15 is 0 Å². The van der Waals surface area contributed by atoms with Gasteiger partial charge in [-0.15, -0.1) is 0 Å². The Balaban J connectivity index is 2.41. The summed E-state index contributed by atoms with van der Waals surface area (Å²) in [6, 6.07) is 9.51. The molecule has 0 atom stereocenters. The first-order chi connectivity index (χ1) is 9.55. The van der Waals surface area contributed by atoms with Gasteiger partial charge in [-0.2, -0.15) is 0 Å². The van der Waals surface area contributed by atoms with Gasteiger partial charge in [0.15, 0.2) is 0 Å². The van der Waals surface area contributed by atoms with Gasteiger partial charge in [-0.1, -0.05) is 15.9 Å². The SMILES string of the molecule is COc1cc(Nc2ccc(Br)cc2N)c(OC)cc1C. The van der Waals surface area contributed by atoms with Crippen LogP contribution >= 0.6 is 15.9 Å². The van der Waals surface area contributed by atoms with E-state index in [0.29, 0.717) is 5.69 Å². The maximum absolute atomic E-state index is 6.00. The number of aryl methyl sites for hydroxylation is 1. The Morgan fingerprint density at radius 3 is 2.30 bits per heavy atom. The minimum absolute atomic E-state index is 0.654. The van der Waals surface area contributed by atoms with Gasteiger partial charge < -0.3 is 20.5 Å². The van der Waals surface area contributed by atoms with Gasteiger partial charge >= 0.3 is 0 Å². The van der Waals surface area contributed by atoms with Crippen LogP contribution < -0.4 is 20.5 Å². The third kappa shape index (κ3) is 2.99. The Morgan fingerprint density at radius 2 is 1.70 bits per heavy atom. The van der Waals surface area contributed by atoms with Gasteiger partial charge in [-0.05, 0) is 36.8 Å². The fraction of sp³-hybridized carbons (Fsp3) is 0.200. The number of anilines is 3. The quantitative estimate of drug-likeness (QED) is 0.825. The van der Waals surface area contributed by atoms with Crippen molar-refractivity contribution in [1.29, 1.82) is 0 Å². The molecule has 0 amide bonds. The molecule has 2 aromatic carbocycles.